The van der Waals surface area contributed by atoms with Crippen LogP contribution in [0, 0.1) is 0 Å². The van der Waals surface area contributed by atoms with E-state index in [1.807, 2.05) is 10.3 Å². The van der Waals surface area contributed by atoms with Gasteiger partial charge in [-0.25, -0.2) is 4.98 Å². The van der Waals surface area contributed by atoms with Crippen LogP contribution in [0.3, 0.4) is 0 Å². The molecule has 2 saturated heterocycles. The van der Waals surface area contributed by atoms with Gasteiger partial charge >= 0.3 is 6.18 Å². The maximum absolute atomic E-state index is 13.2. The largest absolute Gasteiger partial charge is 0.416 e. The number of rotatable bonds is 5. The van der Waals surface area contributed by atoms with E-state index in [0.717, 1.165) is 43.9 Å². The summed E-state index contributed by atoms with van der Waals surface area (Å²) in [5.74, 6) is 0. The molecule has 0 amide bonds. The minimum absolute atomic E-state index is 0.227. The van der Waals surface area contributed by atoms with Gasteiger partial charge < -0.3 is 9.84 Å². The normalized spacial score (nSPS) is 21.1. The van der Waals surface area contributed by atoms with Crippen LogP contribution in [-0.2, 0) is 29.6 Å². The summed E-state index contributed by atoms with van der Waals surface area (Å²) in [6.07, 6.45) is -3.44. The Bertz CT molecular complexity index is 844. The summed E-state index contributed by atoms with van der Waals surface area (Å²) in [7, 11) is 0. The zero-order chi connectivity index (χ0) is 21.2. The molecule has 1 aromatic heterocycles. The van der Waals surface area contributed by atoms with Gasteiger partial charge in [0, 0.05) is 38.1 Å². The molecular weight excluding hydrogens is 415 g/mol. The van der Waals surface area contributed by atoms with Gasteiger partial charge in [0.25, 0.3) is 0 Å². The van der Waals surface area contributed by atoms with Gasteiger partial charge in [-0.1, -0.05) is 18.2 Å². The molecule has 2 aliphatic heterocycles. The van der Waals surface area contributed by atoms with Crippen LogP contribution in [0.15, 0.2) is 29.6 Å². The van der Waals surface area contributed by atoms with Crippen LogP contribution in [-0.4, -0.2) is 59.3 Å². The average Bonchev–Trinajstić information content (AvgIpc) is 3.20. The first kappa shape index (κ1) is 21.7. The van der Waals surface area contributed by atoms with E-state index in [2.05, 4.69) is 9.88 Å². The van der Waals surface area contributed by atoms with Crippen molar-refractivity contribution < 1.29 is 23.0 Å². The first-order chi connectivity index (χ1) is 14.3. The van der Waals surface area contributed by atoms with Crippen molar-refractivity contribution in [1.82, 2.24) is 14.8 Å². The topological polar surface area (TPSA) is 48.8 Å². The lowest BCUT2D eigenvalue weighted by molar-refractivity contribution is -0.138. The monoisotopic (exact) mass is 441 g/mol. The number of piperidine rings is 1. The highest BCUT2D eigenvalue weighted by molar-refractivity contribution is 7.09. The lowest BCUT2D eigenvalue weighted by Gasteiger charge is -2.37. The Balaban J connectivity index is 1.36. The summed E-state index contributed by atoms with van der Waals surface area (Å²) < 4.78 is 45.1. The highest BCUT2D eigenvalue weighted by Crippen LogP contribution is 2.36. The average molecular weight is 442 g/mol. The summed E-state index contributed by atoms with van der Waals surface area (Å²) in [6, 6.07) is 5.71. The number of benzene rings is 1. The molecule has 2 fully saturated rings. The number of ether oxygens (including phenoxy) is 1. The number of hydrogen-bond donors (Lipinski definition) is 1. The summed E-state index contributed by atoms with van der Waals surface area (Å²) in [4.78, 5) is 8.93. The molecule has 0 atom stereocenters. The number of hydrogen-bond acceptors (Lipinski definition) is 6. The molecule has 0 aliphatic carbocycles. The number of halogens is 3. The summed E-state index contributed by atoms with van der Waals surface area (Å²) in [5, 5.41) is 14.0. The molecule has 5 nitrogen and oxygen atoms in total. The van der Waals surface area contributed by atoms with Crippen molar-refractivity contribution >= 4 is 11.3 Å². The third-order valence-electron chi connectivity index (χ3n) is 5.89. The van der Waals surface area contributed by atoms with Gasteiger partial charge in [-0.2, -0.15) is 13.2 Å². The van der Waals surface area contributed by atoms with Crippen LogP contribution in [0.4, 0.5) is 13.2 Å². The third-order valence-corrected chi connectivity index (χ3v) is 6.72. The summed E-state index contributed by atoms with van der Waals surface area (Å²) in [6.45, 7) is 5.26. The molecule has 4 rings (SSSR count). The fourth-order valence-corrected chi connectivity index (χ4v) is 4.99. The Morgan fingerprint density at radius 1 is 1.03 bits per heavy atom. The predicted molar refractivity (Wildman–Crippen MR) is 108 cm³/mol. The Labute approximate surface area is 178 Å². The first-order valence-electron chi connectivity index (χ1n) is 10.2. The van der Waals surface area contributed by atoms with Gasteiger partial charge in [0.05, 0.1) is 31.0 Å². The Kier molecular flexibility index (Phi) is 6.45. The summed E-state index contributed by atoms with van der Waals surface area (Å²) >= 11 is 1.55. The molecular formula is C21H26F3N3O2S. The Morgan fingerprint density at radius 2 is 1.70 bits per heavy atom. The maximum Gasteiger partial charge on any atom is 0.416 e. The predicted octanol–water partition coefficient (Wildman–Crippen LogP) is 3.48. The summed E-state index contributed by atoms with van der Waals surface area (Å²) in [5.41, 5.74) is -0.638. The van der Waals surface area contributed by atoms with Crippen LogP contribution in [0.5, 0.6) is 0 Å². The number of nitrogens with zero attached hydrogens (tertiary/aromatic N) is 3. The van der Waals surface area contributed by atoms with Crippen molar-refractivity contribution in [1.29, 1.82) is 0 Å². The number of alkyl halides is 3. The molecule has 2 aromatic rings. The van der Waals surface area contributed by atoms with Gasteiger partial charge in [0.2, 0.25) is 0 Å². The van der Waals surface area contributed by atoms with Crippen molar-refractivity contribution in [2.45, 2.75) is 37.7 Å². The molecule has 30 heavy (non-hydrogen) atoms. The van der Waals surface area contributed by atoms with Crippen LogP contribution in [0.2, 0.25) is 0 Å². The van der Waals surface area contributed by atoms with Crippen LogP contribution < -0.4 is 0 Å². The van der Waals surface area contributed by atoms with Crippen LogP contribution in [0.25, 0.3) is 0 Å². The highest BCUT2D eigenvalue weighted by Gasteiger charge is 2.37. The van der Waals surface area contributed by atoms with Crippen LogP contribution >= 0.6 is 11.3 Å². The van der Waals surface area contributed by atoms with Crippen molar-refractivity contribution in [2.24, 2.45) is 0 Å². The minimum Gasteiger partial charge on any atom is -0.383 e. The number of aromatic nitrogens is 1. The van der Waals surface area contributed by atoms with Gasteiger partial charge in [0.15, 0.2) is 0 Å². The van der Waals surface area contributed by atoms with Gasteiger partial charge in [-0.15, -0.1) is 11.3 Å². The van der Waals surface area contributed by atoms with E-state index in [-0.39, 0.29) is 12.1 Å². The molecule has 9 heteroatoms. The minimum atomic E-state index is -4.36. The third kappa shape index (κ3) is 5.03. The molecule has 1 N–H and O–H groups in total. The van der Waals surface area contributed by atoms with E-state index in [1.54, 1.807) is 17.4 Å². The fraction of sp³-hybridized carbons (Fsp3) is 0.571. The van der Waals surface area contributed by atoms with Crippen LogP contribution in [0.1, 0.15) is 34.7 Å². The Morgan fingerprint density at radius 3 is 2.40 bits per heavy atom. The molecule has 3 heterocycles. The molecule has 164 valence electrons. The van der Waals surface area contributed by atoms with Crippen molar-refractivity contribution in [2.75, 3.05) is 39.4 Å². The number of aliphatic hydroxyl groups is 1. The molecule has 0 spiro atoms. The first-order valence-corrected chi connectivity index (χ1v) is 11.1. The van der Waals surface area contributed by atoms with Crippen molar-refractivity contribution in [3.05, 3.63) is 51.5 Å². The second-order valence-corrected chi connectivity index (χ2v) is 8.92. The molecule has 2 aliphatic rings. The van der Waals surface area contributed by atoms with E-state index in [1.165, 1.54) is 12.1 Å². The zero-order valence-corrected chi connectivity index (χ0v) is 17.5. The zero-order valence-electron chi connectivity index (χ0n) is 16.7. The van der Waals surface area contributed by atoms with E-state index < -0.39 is 17.3 Å². The highest BCUT2D eigenvalue weighted by atomic mass is 32.1. The van der Waals surface area contributed by atoms with Crippen molar-refractivity contribution in [3.63, 3.8) is 0 Å². The van der Waals surface area contributed by atoms with E-state index in [9.17, 15) is 18.3 Å². The smallest absolute Gasteiger partial charge is 0.383 e. The molecule has 0 saturated carbocycles. The lowest BCUT2D eigenvalue weighted by Crippen LogP contribution is -2.42. The number of morpholine rings is 1. The van der Waals surface area contributed by atoms with E-state index in [0.29, 0.717) is 31.6 Å². The second kappa shape index (κ2) is 8.92. The molecule has 0 radical (unpaired) electrons. The Hall–Kier alpha value is -1.52. The lowest BCUT2D eigenvalue weighted by atomic mass is 9.88. The molecule has 0 bridgehead atoms. The fourth-order valence-electron chi connectivity index (χ4n) is 4.06. The number of thiazole rings is 1. The second-order valence-electron chi connectivity index (χ2n) is 7.98. The van der Waals surface area contributed by atoms with Crippen molar-refractivity contribution in [3.8, 4) is 0 Å². The van der Waals surface area contributed by atoms with Gasteiger partial charge in [-0.05, 0) is 24.5 Å². The molecule has 0 unspecified atom stereocenters. The van der Waals surface area contributed by atoms with E-state index in [4.69, 9.17) is 4.74 Å². The van der Waals surface area contributed by atoms with E-state index >= 15 is 0 Å². The van der Waals surface area contributed by atoms with Gasteiger partial charge in [0.1, 0.15) is 10.6 Å². The number of likely N-dealkylation sites (tertiary alicyclic amines) is 1. The molecule has 1 aromatic carbocycles. The SMILES string of the molecule is OC1(c2csc(CN3CCOCC3)n2)CCN(Cc2ccccc2C(F)(F)F)CC1. The van der Waals surface area contributed by atoms with Gasteiger partial charge in [-0.3, -0.25) is 9.80 Å². The standard InChI is InChI=1S/C21H26F3N3O2S/c22-21(23,24)17-4-2-1-3-16(17)13-26-7-5-20(28,6-8-26)18-15-30-19(25-18)14-27-9-11-29-12-10-27/h1-4,15,28H,5-14H2. The quantitative estimate of drug-likeness (QED) is 0.770. The maximum atomic E-state index is 13.2.